The Morgan fingerprint density at radius 1 is 1.08 bits per heavy atom. The fraction of sp³-hybridized carbons (Fsp3) is 0.118. The fourth-order valence-electron chi connectivity index (χ4n) is 2.43. The second-order valence-electron chi connectivity index (χ2n) is 5.15. The Kier molecular flexibility index (Phi) is 4.03. The van der Waals surface area contributed by atoms with Crippen molar-refractivity contribution in [3.63, 3.8) is 0 Å². The lowest BCUT2D eigenvalue weighted by Gasteiger charge is -2.12. The van der Waals surface area contributed by atoms with Gasteiger partial charge in [-0.1, -0.05) is 24.3 Å². The molecule has 0 aliphatic carbocycles. The van der Waals surface area contributed by atoms with Crippen LogP contribution in [0.4, 0.5) is 13.2 Å². The van der Waals surface area contributed by atoms with Gasteiger partial charge in [-0.25, -0.2) is 4.79 Å². The van der Waals surface area contributed by atoms with Gasteiger partial charge in [-0.3, -0.25) is 4.79 Å². The van der Waals surface area contributed by atoms with Gasteiger partial charge in [0.05, 0.1) is 23.7 Å². The van der Waals surface area contributed by atoms with Crippen LogP contribution >= 0.6 is 0 Å². The van der Waals surface area contributed by atoms with Gasteiger partial charge in [0.2, 0.25) is 0 Å². The maximum atomic E-state index is 12.9. The zero-order valence-electron chi connectivity index (χ0n) is 12.9. The Labute approximate surface area is 139 Å². The van der Waals surface area contributed by atoms with Gasteiger partial charge in [0, 0.05) is 5.39 Å². The number of carbonyl (C=O) groups excluding carboxylic acids is 1. The van der Waals surface area contributed by atoms with Gasteiger partial charge in [0.15, 0.2) is 5.69 Å². The standard InChI is InChI=1S/C17H11F3N2O3/c1-25-16(24)14-12-7-2-3-8-13(12)15(23)22(21-14)11-6-4-5-10(9-11)17(18,19)20/h2-9H,1H3. The van der Waals surface area contributed by atoms with Crippen molar-refractivity contribution in [3.05, 3.63) is 70.1 Å². The van der Waals surface area contributed by atoms with Crippen LogP contribution in [0.25, 0.3) is 16.5 Å². The molecule has 0 aliphatic rings. The van der Waals surface area contributed by atoms with Crippen LogP contribution in [0, 0.1) is 0 Å². The van der Waals surface area contributed by atoms with E-state index >= 15 is 0 Å². The number of ether oxygens (including phenoxy) is 1. The summed E-state index contributed by atoms with van der Waals surface area (Å²) in [5.74, 6) is -0.795. The summed E-state index contributed by atoms with van der Waals surface area (Å²) >= 11 is 0. The minimum atomic E-state index is -4.57. The lowest BCUT2D eigenvalue weighted by atomic mass is 10.1. The number of aromatic nitrogens is 2. The average molecular weight is 348 g/mol. The van der Waals surface area contributed by atoms with E-state index in [0.29, 0.717) is 0 Å². The molecule has 0 atom stereocenters. The highest BCUT2D eigenvalue weighted by Crippen LogP contribution is 2.30. The number of hydrogen-bond acceptors (Lipinski definition) is 4. The number of nitrogens with zero attached hydrogens (tertiary/aromatic N) is 2. The molecular weight excluding hydrogens is 337 g/mol. The number of carbonyl (C=O) groups is 1. The second kappa shape index (κ2) is 6.04. The molecule has 25 heavy (non-hydrogen) atoms. The van der Waals surface area contributed by atoms with E-state index in [1.165, 1.54) is 24.3 Å². The maximum absolute atomic E-state index is 12.9. The number of esters is 1. The predicted octanol–water partition coefficient (Wildman–Crippen LogP) is 3.19. The molecule has 1 heterocycles. The van der Waals surface area contributed by atoms with Crippen molar-refractivity contribution in [3.8, 4) is 5.69 Å². The molecule has 0 saturated heterocycles. The molecule has 1 aromatic heterocycles. The van der Waals surface area contributed by atoms with Crippen molar-refractivity contribution >= 4 is 16.7 Å². The molecule has 0 radical (unpaired) electrons. The van der Waals surface area contributed by atoms with Crippen molar-refractivity contribution in [2.45, 2.75) is 6.18 Å². The van der Waals surface area contributed by atoms with Crippen LogP contribution in [-0.4, -0.2) is 22.9 Å². The molecule has 0 bridgehead atoms. The molecule has 0 N–H and O–H groups in total. The number of fused-ring (bicyclic) bond motifs is 1. The number of benzene rings is 2. The van der Waals surface area contributed by atoms with Crippen LogP contribution in [-0.2, 0) is 10.9 Å². The monoisotopic (exact) mass is 348 g/mol. The first kappa shape index (κ1) is 16.7. The number of hydrogen-bond donors (Lipinski definition) is 0. The first-order valence-corrected chi connectivity index (χ1v) is 7.11. The van der Waals surface area contributed by atoms with Gasteiger partial charge in [-0.05, 0) is 24.3 Å². The molecule has 0 spiro atoms. The van der Waals surface area contributed by atoms with Crippen molar-refractivity contribution in [2.75, 3.05) is 7.11 Å². The smallest absolute Gasteiger partial charge is 0.416 e. The number of methoxy groups -OCH3 is 1. The molecule has 2 aromatic carbocycles. The summed E-state index contributed by atoms with van der Waals surface area (Å²) in [6.45, 7) is 0. The lowest BCUT2D eigenvalue weighted by Crippen LogP contribution is -2.25. The minimum absolute atomic E-state index is 0.101. The van der Waals surface area contributed by atoms with E-state index in [0.717, 1.165) is 23.9 Å². The van der Waals surface area contributed by atoms with Crippen molar-refractivity contribution in [2.24, 2.45) is 0 Å². The third kappa shape index (κ3) is 2.98. The van der Waals surface area contributed by atoms with Gasteiger partial charge in [-0.2, -0.15) is 23.0 Å². The lowest BCUT2D eigenvalue weighted by molar-refractivity contribution is -0.137. The number of alkyl halides is 3. The van der Waals surface area contributed by atoms with Crippen molar-refractivity contribution in [1.29, 1.82) is 0 Å². The van der Waals surface area contributed by atoms with E-state index in [2.05, 4.69) is 9.84 Å². The molecule has 0 unspecified atom stereocenters. The number of halogens is 3. The molecule has 5 nitrogen and oxygen atoms in total. The van der Waals surface area contributed by atoms with Gasteiger partial charge in [-0.15, -0.1) is 0 Å². The summed E-state index contributed by atoms with van der Waals surface area (Å²) < 4.78 is 44.2. The Morgan fingerprint density at radius 2 is 1.76 bits per heavy atom. The highest BCUT2D eigenvalue weighted by Gasteiger charge is 2.30. The molecule has 0 amide bonds. The summed E-state index contributed by atoms with van der Waals surface area (Å²) in [5.41, 5.74) is -1.82. The zero-order chi connectivity index (χ0) is 18.2. The first-order chi connectivity index (χ1) is 11.8. The van der Waals surface area contributed by atoms with Crippen LogP contribution in [0.1, 0.15) is 16.1 Å². The Hall–Kier alpha value is -3.16. The SMILES string of the molecule is COC(=O)c1nn(-c2cccc(C(F)(F)F)c2)c(=O)c2ccccc12. The Balaban J connectivity index is 2.33. The highest BCUT2D eigenvalue weighted by molar-refractivity contribution is 6.02. The summed E-state index contributed by atoms with van der Waals surface area (Å²) in [4.78, 5) is 24.6. The molecule has 128 valence electrons. The number of rotatable bonds is 2. The van der Waals surface area contributed by atoms with E-state index in [9.17, 15) is 22.8 Å². The molecule has 8 heteroatoms. The van der Waals surface area contributed by atoms with Crippen LogP contribution < -0.4 is 5.56 Å². The Morgan fingerprint density at radius 3 is 2.40 bits per heavy atom. The molecule has 3 rings (SSSR count). The molecule has 0 saturated carbocycles. The highest BCUT2D eigenvalue weighted by atomic mass is 19.4. The third-order valence-corrected chi connectivity index (χ3v) is 3.60. The summed E-state index contributed by atoms with van der Waals surface area (Å²) in [6.07, 6.45) is -4.57. The quantitative estimate of drug-likeness (QED) is 0.668. The van der Waals surface area contributed by atoms with Gasteiger partial charge >= 0.3 is 12.1 Å². The minimum Gasteiger partial charge on any atom is -0.464 e. The van der Waals surface area contributed by atoms with E-state index in [-0.39, 0.29) is 22.2 Å². The zero-order valence-corrected chi connectivity index (χ0v) is 12.9. The van der Waals surface area contributed by atoms with E-state index in [1.807, 2.05) is 0 Å². The summed E-state index contributed by atoms with van der Waals surface area (Å²) in [5, 5.41) is 4.34. The third-order valence-electron chi connectivity index (χ3n) is 3.60. The summed E-state index contributed by atoms with van der Waals surface area (Å²) in [6, 6.07) is 10.3. The van der Waals surface area contributed by atoms with Crippen LogP contribution in [0.5, 0.6) is 0 Å². The normalized spacial score (nSPS) is 11.5. The molecular formula is C17H11F3N2O3. The Bertz CT molecular complexity index is 1030. The molecule has 0 aliphatic heterocycles. The summed E-state index contributed by atoms with van der Waals surface area (Å²) in [7, 11) is 1.15. The second-order valence-corrected chi connectivity index (χ2v) is 5.15. The van der Waals surface area contributed by atoms with Crippen molar-refractivity contribution in [1.82, 2.24) is 9.78 Å². The van der Waals surface area contributed by atoms with Crippen molar-refractivity contribution < 1.29 is 22.7 Å². The van der Waals surface area contributed by atoms with E-state index < -0.39 is 23.3 Å². The van der Waals surface area contributed by atoms with Crippen LogP contribution in [0.3, 0.4) is 0 Å². The molecule has 3 aromatic rings. The van der Waals surface area contributed by atoms with Gasteiger partial charge in [0.1, 0.15) is 0 Å². The van der Waals surface area contributed by atoms with Crippen LogP contribution in [0.15, 0.2) is 53.3 Å². The van der Waals surface area contributed by atoms with Crippen LogP contribution in [0.2, 0.25) is 0 Å². The van der Waals surface area contributed by atoms with E-state index in [1.54, 1.807) is 12.1 Å². The fourth-order valence-corrected chi connectivity index (χ4v) is 2.43. The van der Waals surface area contributed by atoms with Gasteiger partial charge < -0.3 is 4.74 Å². The predicted molar refractivity (Wildman–Crippen MR) is 83.7 cm³/mol. The maximum Gasteiger partial charge on any atom is 0.416 e. The van der Waals surface area contributed by atoms with Gasteiger partial charge in [0.25, 0.3) is 5.56 Å². The largest absolute Gasteiger partial charge is 0.464 e. The first-order valence-electron chi connectivity index (χ1n) is 7.11. The average Bonchev–Trinajstić information content (AvgIpc) is 2.61. The van der Waals surface area contributed by atoms with E-state index in [4.69, 9.17) is 0 Å². The topological polar surface area (TPSA) is 61.2 Å². The molecule has 0 fully saturated rings.